The van der Waals surface area contributed by atoms with E-state index in [2.05, 4.69) is 6.92 Å². The van der Waals surface area contributed by atoms with E-state index in [1.165, 1.54) is 0 Å². The van der Waals surface area contributed by atoms with Gasteiger partial charge in [-0.2, -0.15) is 0 Å². The number of hydrogen-bond donors (Lipinski definition) is 3. The van der Waals surface area contributed by atoms with Crippen molar-refractivity contribution in [3.63, 3.8) is 0 Å². The van der Waals surface area contributed by atoms with Crippen LogP contribution < -0.4 is 5.73 Å². The predicted molar refractivity (Wildman–Crippen MR) is 104 cm³/mol. The largest absolute Gasteiger partial charge is 0.393 e. The van der Waals surface area contributed by atoms with Gasteiger partial charge < -0.3 is 15.9 Å². The van der Waals surface area contributed by atoms with Gasteiger partial charge in [-0.1, -0.05) is 25.5 Å². The molecule has 0 bridgehead atoms. The number of carbonyl (C=O) groups excluding carboxylic acids is 2. The van der Waals surface area contributed by atoms with Crippen LogP contribution in [0, 0.1) is 28.6 Å². The van der Waals surface area contributed by atoms with Crippen molar-refractivity contribution in [3.05, 3.63) is 23.8 Å². The molecule has 5 nitrogen and oxygen atoms in total. The minimum absolute atomic E-state index is 0. The van der Waals surface area contributed by atoms with Gasteiger partial charge in [0.15, 0.2) is 11.6 Å². The molecule has 0 amide bonds. The van der Waals surface area contributed by atoms with Crippen LogP contribution in [0.2, 0.25) is 0 Å². The number of hydrogen-bond acceptors (Lipinski definition) is 5. The molecule has 4 N–H and O–H groups in total. The van der Waals surface area contributed by atoms with E-state index in [1.54, 1.807) is 12.2 Å². The summed E-state index contributed by atoms with van der Waals surface area (Å²) in [6, 6.07) is 0. The lowest BCUT2D eigenvalue weighted by Gasteiger charge is -2.59. The molecule has 7 atom stereocenters. The number of allylic oxidation sites excluding steroid dienone is 4. The maximum Gasteiger partial charge on any atom is 0.178 e. The number of fused-ring (bicyclic) bond motifs is 5. The smallest absolute Gasteiger partial charge is 0.178 e. The van der Waals surface area contributed by atoms with E-state index in [-0.39, 0.29) is 53.7 Å². The number of carbonyl (C=O) groups is 2. The average Bonchev–Trinajstić information content (AvgIpc) is 2.86. The molecular weight excluding hydrogens is 366 g/mol. The van der Waals surface area contributed by atoms with Gasteiger partial charge in [-0.25, -0.2) is 0 Å². The van der Waals surface area contributed by atoms with Crippen LogP contribution in [-0.2, 0) is 9.59 Å². The van der Waals surface area contributed by atoms with E-state index in [9.17, 15) is 19.8 Å². The predicted octanol–water partition coefficient (Wildman–Crippen LogP) is 1.95. The van der Waals surface area contributed by atoms with Crippen molar-refractivity contribution in [2.24, 2.45) is 34.3 Å². The Labute approximate surface area is 166 Å². The first-order chi connectivity index (χ1) is 12.2. The first-order valence-electron chi connectivity index (χ1n) is 9.75. The first-order valence-corrected chi connectivity index (χ1v) is 9.75. The summed E-state index contributed by atoms with van der Waals surface area (Å²) in [5, 5.41) is 22.4. The van der Waals surface area contributed by atoms with Crippen molar-refractivity contribution < 1.29 is 19.8 Å². The van der Waals surface area contributed by atoms with Crippen molar-refractivity contribution in [2.45, 2.75) is 57.7 Å². The lowest BCUT2D eigenvalue weighted by Crippen LogP contribution is -2.62. The molecular formula is C21H30ClNO4. The third kappa shape index (κ3) is 2.55. The second kappa shape index (κ2) is 6.51. The van der Waals surface area contributed by atoms with Gasteiger partial charge in [0.05, 0.1) is 12.6 Å². The Morgan fingerprint density at radius 3 is 2.70 bits per heavy atom. The summed E-state index contributed by atoms with van der Waals surface area (Å²) < 4.78 is 0. The van der Waals surface area contributed by atoms with Crippen LogP contribution in [0.5, 0.6) is 0 Å². The Morgan fingerprint density at radius 2 is 2.04 bits per heavy atom. The second-order valence-corrected chi connectivity index (χ2v) is 9.24. The van der Waals surface area contributed by atoms with Gasteiger partial charge in [-0.15, -0.1) is 12.4 Å². The van der Waals surface area contributed by atoms with Crippen LogP contribution >= 0.6 is 12.4 Å². The van der Waals surface area contributed by atoms with Crippen LogP contribution in [0.1, 0.15) is 46.0 Å². The molecule has 0 aromatic carbocycles. The summed E-state index contributed by atoms with van der Waals surface area (Å²) in [5.41, 5.74) is 4.29. The van der Waals surface area contributed by atoms with Gasteiger partial charge in [0.1, 0.15) is 5.60 Å². The summed E-state index contributed by atoms with van der Waals surface area (Å²) in [4.78, 5) is 24.3. The van der Waals surface area contributed by atoms with Gasteiger partial charge in [-0.05, 0) is 56.1 Å². The van der Waals surface area contributed by atoms with E-state index >= 15 is 0 Å². The van der Waals surface area contributed by atoms with Crippen molar-refractivity contribution in [2.75, 3.05) is 6.54 Å². The number of aliphatic hydroxyl groups is 2. The second-order valence-electron chi connectivity index (χ2n) is 9.24. The van der Waals surface area contributed by atoms with Crippen LogP contribution in [0.15, 0.2) is 23.8 Å². The minimum Gasteiger partial charge on any atom is -0.393 e. The molecule has 4 aliphatic rings. The summed E-state index contributed by atoms with van der Waals surface area (Å²) in [7, 11) is 0. The molecule has 0 radical (unpaired) electrons. The first kappa shape index (κ1) is 20.7. The molecule has 4 rings (SSSR count). The number of halogens is 1. The molecule has 0 aromatic heterocycles. The lowest BCUT2D eigenvalue weighted by molar-refractivity contribution is -0.175. The molecule has 150 valence electrons. The number of aliphatic hydroxyl groups excluding tert-OH is 1. The van der Waals surface area contributed by atoms with Gasteiger partial charge >= 0.3 is 0 Å². The number of rotatable bonds is 2. The van der Waals surface area contributed by atoms with Crippen molar-refractivity contribution in [1.82, 2.24) is 0 Å². The minimum atomic E-state index is -1.44. The normalized spacial score (nSPS) is 48.0. The van der Waals surface area contributed by atoms with E-state index in [0.717, 1.165) is 24.8 Å². The van der Waals surface area contributed by atoms with Crippen LogP contribution in [0.3, 0.4) is 0 Å². The summed E-state index contributed by atoms with van der Waals surface area (Å²) >= 11 is 0. The van der Waals surface area contributed by atoms with Crippen molar-refractivity contribution >= 4 is 24.0 Å². The van der Waals surface area contributed by atoms with Gasteiger partial charge in [0.25, 0.3) is 0 Å². The third-order valence-corrected chi connectivity index (χ3v) is 8.29. The van der Waals surface area contributed by atoms with Crippen LogP contribution in [0.25, 0.3) is 0 Å². The Bertz CT molecular complexity index is 734. The summed E-state index contributed by atoms with van der Waals surface area (Å²) in [5.74, 6) is 0.137. The fourth-order valence-corrected chi connectivity index (χ4v) is 6.96. The fraction of sp³-hybridized carbons (Fsp3) is 0.714. The van der Waals surface area contributed by atoms with Gasteiger partial charge in [0, 0.05) is 16.7 Å². The number of nitrogens with two attached hydrogens (primary N) is 1. The summed E-state index contributed by atoms with van der Waals surface area (Å²) in [6.07, 6.45) is 8.02. The molecule has 0 aromatic rings. The number of Topliss-reactive ketones (excluding diaryl/α,β-unsaturated/α-hetero) is 1. The highest BCUT2D eigenvalue weighted by Gasteiger charge is 2.67. The average molecular weight is 396 g/mol. The Morgan fingerprint density at radius 1 is 1.33 bits per heavy atom. The molecule has 0 saturated heterocycles. The fourth-order valence-electron chi connectivity index (χ4n) is 6.96. The molecule has 0 spiro atoms. The Balaban J connectivity index is 0.00000210. The number of ketones is 2. The standard InChI is InChI=1S/C21H29NO4.ClH/c1-19-7-5-13(23)9-12(19)3-4-14-15-6-8-21(26,17(25)11-22)20(15,2)10-16(24)18(14)19;/h5,7,9,14-16,18,24,26H,3-4,6,8,10-11,22H2,1-2H3;1H/t14-,15-,16-,18+,19?,20?,21-;/m0./s1. The molecule has 4 aliphatic carbocycles. The lowest BCUT2D eigenvalue weighted by atomic mass is 9.46. The van der Waals surface area contributed by atoms with Crippen LogP contribution in [-0.4, -0.2) is 40.0 Å². The van der Waals surface area contributed by atoms with E-state index in [0.29, 0.717) is 12.8 Å². The topological polar surface area (TPSA) is 101 Å². The van der Waals surface area contributed by atoms with Crippen molar-refractivity contribution in [1.29, 1.82) is 0 Å². The molecule has 0 aliphatic heterocycles. The zero-order chi connectivity index (χ0) is 18.9. The highest BCUT2D eigenvalue weighted by molar-refractivity contribution is 6.01. The Hall–Kier alpha value is -1.01. The molecule has 3 saturated carbocycles. The molecule has 27 heavy (non-hydrogen) atoms. The molecule has 2 unspecified atom stereocenters. The zero-order valence-corrected chi connectivity index (χ0v) is 16.8. The maximum atomic E-state index is 12.5. The van der Waals surface area contributed by atoms with Gasteiger partial charge in [-0.3, -0.25) is 9.59 Å². The maximum absolute atomic E-state index is 12.5. The SMILES string of the molecule is CC12C=CC(=O)C=C1CC[C@@H]1[C@@H]2[C@@H](O)CC2(C)[C@H]1CC[C@]2(O)C(=O)CN.Cl. The van der Waals surface area contributed by atoms with E-state index in [4.69, 9.17) is 5.73 Å². The molecule has 3 fully saturated rings. The van der Waals surface area contributed by atoms with Crippen molar-refractivity contribution in [3.8, 4) is 0 Å². The van der Waals surface area contributed by atoms with E-state index < -0.39 is 17.1 Å². The quantitative estimate of drug-likeness (QED) is 0.663. The highest BCUT2D eigenvalue weighted by Crippen LogP contribution is 2.66. The Kier molecular flexibility index (Phi) is 5.00. The monoisotopic (exact) mass is 395 g/mol. The van der Waals surface area contributed by atoms with Crippen LogP contribution in [0.4, 0.5) is 0 Å². The molecule has 6 heteroatoms. The zero-order valence-electron chi connectivity index (χ0n) is 16.0. The van der Waals surface area contributed by atoms with E-state index in [1.807, 2.05) is 13.0 Å². The highest BCUT2D eigenvalue weighted by atomic mass is 35.5. The van der Waals surface area contributed by atoms with Gasteiger partial charge in [0.2, 0.25) is 0 Å². The molecule has 0 heterocycles. The third-order valence-electron chi connectivity index (χ3n) is 8.29. The summed E-state index contributed by atoms with van der Waals surface area (Å²) in [6.45, 7) is 3.92.